The van der Waals surface area contributed by atoms with Gasteiger partial charge in [-0.3, -0.25) is 0 Å². The summed E-state index contributed by atoms with van der Waals surface area (Å²) in [6, 6.07) is 8.60. The third kappa shape index (κ3) is 5.16. The molecule has 0 radical (unpaired) electrons. The minimum atomic E-state index is 0.402. The van der Waals surface area contributed by atoms with Crippen LogP contribution in [0, 0.1) is 17.8 Å². The summed E-state index contributed by atoms with van der Waals surface area (Å²) in [7, 11) is 0. The molecule has 1 atom stereocenters. The van der Waals surface area contributed by atoms with Gasteiger partial charge in [0.2, 0.25) is 0 Å². The van der Waals surface area contributed by atoms with Gasteiger partial charge in [0.05, 0.1) is 0 Å². The summed E-state index contributed by atoms with van der Waals surface area (Å²) in [5.41, 5.74) is 1.29. The van der Waals surface area contributed by atoms with Crippen molar-refractivity contribution in [2.75, 3.05) is 6.54 Å². The molecule has 19 heavy (non-hydrogen) atoms. The highest BCUT2D eigenvalue weighted by atomic mass is 35.5. The Morgan fingerprint density at radius 2 is 1.74 bits per heavy atom. The maximum Gasteiger partial charge on any atom is 0.0409 e. The SMILES string of the molecule is CCC(NCC(C(C)C)C(C)C)c1cccc(Cl)c1. The van der Waals surface area contributed by atoms with Crippen LogP contribution in [0.4, 0.5) is 0 Å². The van der Waals surface area contributed by atoms with Crippen molar-refractivity contribution in [3.8, 4) is 0 Å². The van der Waals surface area contributed by atoms with Crippen LogP contribution in [0.25, 0.3) is 0 Å². The third-order valence-corrected chi connectivity index (χ3v) is 4.21. The van der Waals surface area contributed by atoms with Gasteiger partial charge < -0.3 is 5.32 Å². The first kappa shape index (κ1) is 16.5. The van der Waals surface area contributed by atoms with E-state index in [1.54, 1.807) is 0 Å². The van der Waals surface area contributed by atoms with Gasteiger partial charge in [-0.25, -0.2) is 0 Å². The fraction of sp³-hybridized carbons (Fsp3) is 0.647. The zero-order chi connectivity index (χ0) is 14.4. The van der Waals surface area contributed by atoms with Crippen molar-refractivity contribution in [1.82, 2.24) is 5.32 Å². The lowest BCUT2D eigenvalue weighted by Gasteiger charge is -2.28. The highest BCUT2D eigenvalue weighted by Gasteiger charge is 2.19. The molecule has 1 nitrogen and oxygen atoms in total. The summed E-state index contributed by atoms with van der Waals surface area (Å²) in [4.78, 5) is 0. The Bertz CT molecular complexity index is 365. The zero-order valence-corrected chi connectivity index (χ0v) is 13.7. The van der Waals surface area contributed by atoms with Gasteiger partial charge in [0.25, 0.3) is 0 Å². The Morgan fingerprint density at radius 3 is 2.21 bits per heavy atom. The van der Waals surface area contributed by atoms with E-state index in [0.717, 1.165) is 18.0 Å². The molecule has 0 amide bonds. The van der Waals surface area contributed by atoms with E-state index in [0.29, 0.717) is 23.8 Å². The van der Waals surface area contributed by atoms with Crippen molar-refractivity contribution in [3.63, 3.8) is 0 Å². The number of benzene rings is 1. The Kier molecular flexibility index (Phi) is 6.88. The van der Waals surface area contributed by atoms with E-state index in [1.165, 1.54) is 5.56 Å². The lowest BCUT2D eigenvalue weighted by atomic mass is 9.85. The molecule has 0 aliphatic carbocycles. The molecule has 0 heterocycles. The van der Waals surface area contributed by atoms with Crippen molar-refractivity contribution < 1.29 is 0 Å². The van der Waals surface area contributed by atoms with Crippen LogP contribution in [0.1, 0.15) is 52.6 Å². The molecule has 0 saturated heterocycles. The summed E-state index contributed by atoms with van der Waals surface area (Å²) in [6.07, 6.45) is 1.09. The van der Waals surface area contributed by atoms with Crippen LogP contribution in [0.15, 0.2) is 24.3 Å². The van der Waals surface area contributed by atoms with Crippen molar-refractivity contribution in [1.29, 1.82) is 0 Å². The molecule has 1 aromatic rings. The molecule has 0 aliphatic heterocycles. The number of rotatable bonds is 7. The molecule has 1 rings (SSSR count). The normalized spacial score (nSPS) is 13.5. The maximum absolute atomic E-state index is 6.08. The first-order chi connectivity index (χ1) is 8.95. The van der Waals surface area contributed by atoms with E-state index < -0.39 is 0 Å². The number of hydrogen-bond donors (Lipinski definition) is 1. The van der Waals surface area contributed by atoms with Gasteiger partial charge in [-0.15, -0.1) is 0 Å². The van der Waals surface area contributed by atoms with Gasteiger partial charge in [-0.1, -0.05) is 58.4 Å². The van der Waals surface area contributed by atoms with Gasteiger partial charge in [-0.2, -0.15) is 0 Å². The topological polar surface area (TPSA) is 12.0 Å². The molecule has 0 spiro atoms. The molecule has 1 N–H and O–H groups in total. The number of hydrogen-bond acceptors (Lipinski definition) is 1. The van der Waals surface area contributed by atoms with Gasteiger partial charge in [0.15, 0.2) is 0 Å². The van der Waals surface area contributed by atoms with Crippen LogP contribution < -0.4 is 5.32 Å². The van der Waals surface area contributed by atoms with Crippen molar-refractivity contribution in [3.05, 3.63) is 34.9 Å². The molecule has 0 bridgehead atoms. The van der Waals surface area contributed by atoms with Crippen LogP contribution >= 0.6 is 11.6 Å². The Balaban J connectivity index is 2.67. The van der Waals surface area contributed by atoms with Crippen LogP contribution in [-0.4, -0.2) is 6.54 Å². The molecular formula is C17H28ClN. The monoisotopic (exact) mass is 281 g/mol. The molecule has 1 unspecified atom stereocenters. The predicted molar refractivity (Wildman–Crippen MR) is 85.7 cm³/mol. The first-order valence-corrected chi connectivity index (χ1v) is 7.82. The van der Waals surface area contributed by atoms with Crippen LogP contribution in [-0.2, 0) is 0 Å². The average molecular weight is 282 g/mol. The minimum Gasteiger partial charge on any atom is -0.310 e. The Labute approximate surface area is 123 Å². The van der Waals surface area contributed by atoms with Gasteiger partial charge in [-0.05, 0) is 48.4 Å². The second-order valence-electron chi connectivity index (χ2n) is 6.08. The largest absolute Gasteiger partial charge is 0.310 e. The first-order valence-electron chi connectivity index (χ1n) is 7.44. The quantitative estimate of drug-likeness (QED) is 0.714. The molecule has 0 saturated carbocycles. The zero-order valence-electron chi connectivity index (χ0n) is 12.9. The van der Waals surface area contributed by atoms with Crippen LogP contribution in [0.2, 0.25) is 5.02 Å². The standard InChI is InChI=1S/C17H28ClN/c1-6-17(14-8-7-9-15(18)10-14)19-11-16(12(2)3)13(4)5/h7-10,12-13,16-17,19H,6,11H2,1-5H3. The van der Waals surface area contributed by atoms with Crippen LogP contribution in [0.5, 0.6) is 0 Å². The minimum absolute atomic E-state index is 0.402. The summed E-state index contributed by atoms with van der Waals surface area (Å²) >= 11 is 6.08. The lowest BCUT2D eigenvalue weighted by Crippen LogP contribution is -2.32. The molecular weight excluding hydrogens is 254 g/mol. The molecule has 1 aromatic carbocycles. The third-order valence-electron chi connectivity index (χ3n) is 3.97. The van der Waals surface area contributed by atoms with Gasteiger partial charge >= 0.3 is 0 Å². The molecule has 0 aromatic heterocycles. The van der Waals surface area contributed by atoms with E-state index >= 15 is 0 Å². The molecule has 0 fully saturated rings. The highest BCUT2D eigenvalue weighted by molar-refractivity contribution is 6.30. The van der Waals surface area contributed by atoms with Gasteiger partial charge in [0, 0.05) is 11.1 Å². The van der Waals surface area contributed by atoms with Crippen molar-refractivity contribution in [2.45, 2.75) is 47.1 Å². The van der Waals surface area contributed by atoms with E-state index in [9.17, 15) is 0 Å². The summed E-state index contributed by atoms with van der Waals surface area (Å²) < 4.78 is 0. The van der Waals surface area contributed by atoms with E-state index in [-0.39, 0.29) is 0 Å². The van der Waals surface area contributed by atoms with Crippen molar-refractivity contribution in [2.24, 2.45) is 17.8 Å². The smallest absolute Gasteiger partial charge is 0.0409 e. The second-order valence-corrected chi connectivity index (χ2v) is 6.51. The second kappa shape index (κ2) is 7.91. The van der Waals surface area contributed by atoms with Gasteiger partial charge in [0.1, 0.15) is 0 Å². The van der Waals surface area contributed by atoms with E-state index in [4.69, 9.17) is 11.6 Å². The molecule has 108 valence electrons. The maximum atomic E-state index is 6.08. The summed E-state index contributed by atoms with van der Waals surface area (Å²) in [5, 5.41) is 4.54. The number of nitrogens with one attached hydrogen (secondary N) is 1. The Morgan fingerprint density at radius 1 is 1.11 bits per heavy atom. The van der Waals surface area contributed by atoms with E-state index in [1.807, 2.05) is 12.1 Å². The van der Waals surface area contributed by atoms with Crippen LogP contribution in [0.3, 0.4) is 0 Å². The summed E-state index contributed by atoms with van der Waals surface area (Å²) in [5.74, 6) is 2.14. The molecule has 0 aliphatic rings. The summed E-state index contributed by atoms with van der Waals surface area (Å²) in [6.45, 7) is 12.5. The van der Waals surface area contributed by atoms with Crippen molar-refractivity contribution >= 4 is 11.6 Å². The predicted octanol–water partition coefficient (Wildman–Crippen LogP) is 5.31. The lowest BCUT2D eigenvalue weighted by molar-refractivity contribution is 0.264. The average Bonchev–Trinajstić information content (AvgIpc) is 2.33. The van der Waals surface area contributed by atoms with E-state index in [2.05, 4.69) is 52.1 Å². The molecule has 2 heteroatoms. The highest BCUT2D eigenvalue weighted by Crippen LogP contribution is 2.24. The fourth-order valence-corrected chi connectivity index (χ4v) is 2.94. The Hall–Kier alpha value is -0.530. The number of halogens is 1. The fourth-order valence-electron chi connectivity index (χ4n) is 2.74.